The number of aromatic nitrogens is 3. The van der Waals surface area contributed by atoms with E-state index in [1.54, 1.807) is 4.68 Å². The van der Waals surface area contributed by atoms with E-state index >= 15 is 0 Å². The molecule has 0 amide bonds. The van der Waals surface area contributed by atoms with Crippen LogP contribution in [0, 0.1) is 6.92 Å². The Morgan fingerprint density at radius 2 is 2.00 bits per heavy atom. The predicted molar refractivity (Wildman–Crippen MR) is 99.6 cm³/mol. The maximum absolute atomic E-state index is 12.9. The summed E-state index contributed by atoms with van der Waals surface area (Å²) in [7, 11) is 3.99. The van der Waals surface area contributed by atoms with Gasteiger partial charge in [-0.25, -0.2) is 0 Å². The van der Waals surface area contributed by atoms with Crippen molar-refractivity contribution >= 4 is 21.9 Å². The third-order valence-corrected chi connectivity index (χ3v) is 4.89. The minimum Gasteiger partial charge on any atom is -0.338 e. The van der Waals surface area contributed by atoms with Crippen LogP contribution >= 0.6 is 0 Å². The smallest absolute Gasteiger partial charge is 0.215 e. The molecule has 0 atom stereocenters. The lowest BCUT2D eigenvalue weighted by molar-refractivity contribution is 0.266. The summed E-state index contributed by atoms with van der Waals surface area (Å²) in [4.78, 5) is 15.2. The van der Waals surface area contributed by atoms with Crippen LogP contribution in [-0.2, 0) is 13.6 Å². The summed E-state index contributed by atoms with van der Waals surface area (Å²) in [6, 6.07) is 6.66. The monoisotopic (exact) mass is 326 g/mol. The fourth-order valence-corrected chi connectivity index (χ4v) is 3.19. The molecule has 0 aliphatic heterocycles. The van der Waals surface area contributed by atoms with Crippen molar-refractivity contribution in [3.05, 3.63) is 40.2 Å². The molecule has 1 aromatic carbocycles. The van der Waals surface area contributed by atoms with Gasteiger partial charge in [0.25, 0.3) is 0 Å². The van der Waals surface area contributed by atoms with Crippen molar-refractivity contribution in [1.82, 2.24) is 19.2 Å². The van der Waals surface area contributed by atoms with E-state index in [-0.39, 0.29) is 5.43 Å². The first-order valence-corrected chi connectivity index (χ1v) is 8.55. The fourth-order valence-electron chi connectivity index (χ4n) is 3.19. The van der Waals surface area contributed by atoms with Gasteiger partial charge in [0, 0.05) is 25.0 Å². The van der Waals surface area contributed by atoms with E-state index < -0.39 is 0 Å². The molecule has 128 valence electrons. The number of rotatable bonds is 5. The summed E-state index contributed by atoms with van der Waals surface area (Å²) >= 11 is 0. The molecule has 24 heavy (non-hydrogen) atoms. The number of aryl methyl sites for hydroxylation is 3. The Hall–Kier alpha value is -2.14. The first kappa shape index (κ1) is 16.7. The van der Waals surface area contributed by atoms with E-state index in [1.807, 2.05) is 26.2 Å². The Labute approximate surface area is 142 Å². The highest BCUT2D eigenvalue weighted by Gasteiger charge is 2.14. The zero-order valence-corrected chi connectivity index (χ0v) is 15.2. The van der Waals surface area contributed by atoms with Gasteiger partial charge in [-0.2, -0.15) is 5.10 Å². The average molecular weight is 326 g/mol. The quantitative estimate of drug-likeness (QED) is 0.724. The molecule has 5 heteroatoms. The maximum atomic E-state index is 12.9. The fraction of sp³-hybridized carbons (Fsp3) is 0.474. The second-order valence-corrected chi connectivity index (χ2v) is 6.93. The van der Waals surface area contributed by atoms with Gasteiger partial charge in [-0.05, 0) is 52.9 Å². The summed E-state index contributed by atoms with van der Waals surface area (Å²) in [5.41, 5.74) is 3.78. The second-order valence-electron chi connectivity index (χ2n) is 6.93. The van der Waals surface area contributed by atoms with Crippen LogP contribution in [0.3, 0.4) is 0 Å². The zero-order chi connectivity index (χ0) is 17.4. The summed E-state index contributed by atoms with van der Waals surface area (Å²) in [5.74, 6) is 0. The molecule has 2 aromatic heterocycles. The Kier molecular flexibility index (Phi) is 4.45. The van der Waals surface area contributed by atoms with Crippen molar-refractivity contribution in [3.8, 4) is 0 Å². The van der Waals surface area contributed by atoms with Gasteiger partial charge in [0.15, 0.2) is 0 Å². The van der Waals surface area contributed by atoms with Gasteiger partial charge < -0.3 is 9.47 Å². The molecule has 2 heterocycles. The van der Waals surface area contributed by atoms with E-state index in [4.69, 9.17) is 0 Å². The minimum atomic E-state index is 0.0687. The normalized spacial score (nSPS) is 12.1. The molecule has 0 radical (unpaired) electrons. The number of pyridine rings is 1. The maximum Gasteiger partial charge on any atom is 0.215 e. The Morgan fingerprint density at radius 1 is 1.25 bits per heavy atom. The molecule has 0 fully saturated rings. The molecule has 0 spiro atoms. The highest BCUT2D eigenvalue weighted by Crippen LogP contribution is 2.20. The van der Waals surface area contributed by atoms with Gasteiger partial charge in [-0.3, -0.25) is 9.48 Å². The van der Waals surface area contributed by atoms with Crippen LogP contribution in [0.1, 0.15) is 25.8 Å². The van der Waals surface area contributed by atoms with Gasteiger partial charge in [0.05, 0.1) is 17.2 Å². The molecule has 0 aliphatic rings. The molecule has 3 aromatic rings. The molecule has 0 saturated heterocycles. The highest BCUT2D eigenvalue weighted by molar-refractivity contribution is 5.92. The van der Waals surface area contributed by atoms with E-state index in [1.165, 1.54) is 0 Å². The topological polar surface area (TPSA) is 43.1 Å². The van der Waals surface area contributed by atoms with E-state index in [9.17, 15) is 4.79 Å². The molecular formula is C19H26N4O. The predicted octanol–water partition coefficient (Wildman–Crippen LogP) is 2.93. The molecule has 0 saturated carbocycles. The number of hydrogen-bond donors (Lipinski definition) is 0. The molecule has 0 N–H and O–H groups in total. The lowest BCUT2D eigenvalue weighted by Gasteiger charge is -2.21. The van der Waals surface area contributed by atoms with Crippen LogP contribution in [0.4, 0.5) is 0 Å². The molecule has 0 unspecified atom stereocenters. The van der Waals surface area contributed by atoms with E-state index in [0.29, 0.717) is 11.6 Å². The number of fused-ring (bicyclic) bond motifs is 2. The van der Waals surface area contributed by atoms with Crippen LogP contribution in [0.2, 0.25) is 0 Å². The largest absolute Gasteiger partial charge is 0.338 e. The lowest BCUT2D eigenvalue weighted by atomic mass is 10.1. The first-order valence-electron chi connectivity index (χ1n) is 8.55. The minimum absolute atomic E-state index is 0.0687. The Bertz CT molecular complexity index is 936. The SMILES string of the molecule is Cc1ccc2c(c1)c(=O)c1c(cnn1C)n2CCCN(C)C(C)C. The molecular weight excluding hydrogens is 300 g/mol. The summed E-state index contributed by atoms with van der Waals surface area (Å²) < 4.78 is 3.93. The van der Waals surface area contributed by atoms with Crippen molar-refractivity contribution in [1.29, 1.82) is 0 Å². The van der Waals surface area contributed by atoms with Gasteiger partial charge in [-0.1, -0.05) is 11.6 Å². The van der Waals surface area contributed by atoms with Crippen LogP contribution in [0.15, 0.2) is 29.2 Å². The Morgan fingerprint density at radius 3 is 2.71 bits per heavy atom. The third-order valence-electron chi connectivity index (χ3n) is 4.89. The van der Waals surface area contributed by atoms with Gasteiger partial charge in [0.1, 0.15) is 5.52 Å². The molecule has 0 aliphatic carbocycles. The Balaban J connectivity index is 2.10. The van der Waals surface area contributed by atoms with Gasteiger partial charge in [-0.15, -0.1) is 0 Å². The van der Waals surface area contributed by atoms with Crippen LogP contribution < -0.4 is 5.43 Å². The van der Waals surface area contributed by atoms with E-state index in [0.717, 1.165) is 41.5 Å². The van der Waals surface area contributed by atoms with Crippen molar-refractivity contribution in [2.75, 3.05) is 13.6 Å². The molecule has 0 bridgehead atoms. The van der Waals surface area contributed by atoms with Crippen molar-refractivity contribution in [3.63, 3.8) is 0 Å². The molecule has 3 rings (SSSR count). The second kappa shape index (κ2) is 6.40. The van der Waals surface area contributed by atoms with Crippen LogP contribution in [-0.4, -0.2) is 38.9 Å². The standard InChI is InChI=1S/C19H26N4O/c1-13(2)21(4)9-6-10-23-16-8-7-14(3)11-15(16)19(24)18-17(23)12-20-22(18)5/h7-8,11-13H,6,9-10H2,1-5H3. The van der Waals surface area contributed by atoms with Crippen molar-refractivity contribution in [2.24, 2.45) is 7.05 Å². The zero-order valence-electron chi connectivity index (χ0n) is 15.2. The van der Waals surface area contributed by atoms with Gasteiger partial charge >= 0.3 is 0 Å². The highest BCUT2D eigenvalue weighted by atomic mass is 16.1. The summed E-state index contributed by atoms with van der Waals surface area (Å²) in [6.45, 7) is 8.33. The average Bonchev–Trinajstić information content (AvgIpc) is 2.92. The van der Waals surface area contributed by atoms with Crippen molar-refractivity contribution < 1.29 is 0 Å². The molecule has 5 nitrogen and oxygen atoms in total. The lowest BCUT2D eigenvalue weighted by Crippen LogP contribution is -2.28. The van der Waals surface area contributed by atoms with Crippen molar-refractivity contribution in [2.45, 2.75) is 39.8 Å². The number of hydrogen-bond acceptors (Lipinski definition) is 3. The van der Waals surface area contributed by atoms with E-state index in [2.05, 4.69) is 47.6 Å². The van der Waals surface area contributed by atoms with Crippen LogP contribution in [0.25, 0.3) is 21.9 Å². The first-order chi connectivity index (χ1) is 11.4. The van der Waals surface area contributed by atoms with Gasteiger partial charge in [0.2, 0.25) is 5.43 Å². The van der Waals surface area contributed by atoms with Crippen LogP contribution in [0.5, 0.6) is 0 Å². The summed E-state index contributed by atoms with van der Waals surface area (Å²) in [5, 5.41) is 5.10. The number of benzene rings is 1. The summed E-state index contributed by atoms with van der Waals surface area (Å²) in [6.07, 6.45) is 2.84. The third kappa shape index (κ3) is 2.84. The number of nitrogens with zero attached hydrogens (tertiary/aromatic N) is 4.